The first-order valence-corrected chi connectivity index (χ1v) is 5.23. The van der Waals surface area contributed by atoms with Crippen molar-refractivity contribution in [2.45, 2.75) is 31.9 Å². The van der Waals surface area contributed by atoms with Gasteiger partial charge in [0.25, 0.3) is 0 Å². The Morgan fingerprint density at radius 2 is 2.00 bits per heavy atom. The summed E-state index contributed by atoms with van der Waals surface area (Å²) in [5.41, 5.74) is 4.71. The lowest BCUT2D eigenvalue weighted by Gasteiger charge is -2.28. The van der Waals surface area contributed by atoms with Crippen LogP contribution in [0, 0.1) is 5.82 Å². The number of carbonyl (C=O) groups is 1. The average molecular weight is 241 g/mol. The number of aliphatic carboxylic acids is 1. The number of carboxylic acids is 1. The largest absolute Gasteiger partial charge is 0.488 e. The molecule has 4 nitrogen and oxygen atoms in total. The molecule has 1 rings (SSSR count). The zero-order valence-corrected chi connectivity index (χ0v) is 9.81. The van der Waals surface area contributed by atoms with Crippen molar-refractivity contribution in [2.24, 2.45) is 5.73 Å². The van der Waals surface area contributed by atoms with Crippen LogP contribution in [0.4, 0.5) is 4.39 Å². The highest BCUT2D eigenvalue weighted by molar-refractivity contribution is 5.73. The van der Waals surface area contributed by atoms with Crippen LogP contribution >= 0.6 is 0 Å². The van der Waals surface area contributed by atoms with Gasteiger partial charge in [-0.2, -0.15) is 0 Å². The number of hydrogen-bond acceptors (Lipinski definition) is 3. The predicted octanol–water partition coefficient (Wildman–Crippen LogP) is 1.79. The lowest BCUT2D eigenvalue weighted by Crippen LogP contribution is -2.41. The van der Waals surface area contributed by atoms with Crippen molar-refractivity contribution in [3.05, 3.63) is 30.1 Å². The minimum atomic E-state index is -1.07. The molecule has 0 amide bonds. The smallest absolute Gasteiger partial charge is 0.320 e. The van der Waals surface area contributed by atoms with Crippen LogP contribution in [0.3, 0.4) is 0 Å². The number of halogens is 1. The molecule has 0 bridgehead atoms. The molecule has 3 N–H and O–H groups in total. The molecule has 0 saturated carbocycles. The fourth-order valence-corrected chi connectivity index (χ4v) is 1.48. The molecule has 0 saturated heterocycles. The van der Waals surface area contributed by atoms with Crippen LogP contribution in [0.15, 0.2) is 24.3 Å². The lowest BCUT2D eigenvalue weighted by atomic mass is 9.99. The summed E-state index contributed by atoms with van der Waals surface area (Å²) < 4.78 is 18.2. The Labute approximate surface area is 99.2 Å². The van der Waals surface area contributed by atoms with Gasteiger partial charge in [0.05, 0.1) is 0 Å². The van der Waals surface area contributed by atoms with Crippen LogP contribution in [0.5, 0.6) is 5.75 Å². The zero-order valence-electron chi connectivity index (χ0n) is 9.81. The molecule has 0 aliphatic carbocycles. The average Bonchev–Trinajstić information content (AvgIpc) is 2.20. The van der Waals surface area contributed by atoms with Gasteiger partial charge in [-0.05, 0) is 38.1 Å². The van der Waals surface area contributed by atoms with E-state index in [1.165, 1.54) is 24.3 Å². The van der Waals surface area contributed by atoms with Gasteiger partial charge in [0.15, 0.2) is 0 Å². The Bertz CT molecular complexity index is 389. The molecular weight excluding hydrogens is 225 g/mol. The van der Waals surface area contributed by atoms with Crippen molar-refractivity contribution >= 4 is 5.97 Å². The van der Waals surface area contributed by atoms with Crippen molar-refractivity contribution in [1.82, 2.24) is 0 Å². The zero-order chi connectivity index (χ0) is 13.1. The first-order valence-electron chi connectivity index (χ1n) is 5.23. The topological polar surface area (TPSA) is 72.6 Å². The molecule has 1 unspecified atom stereocenters. The fraction of sp³-hybridized carbons (Fsp3) is 0.417. The van der Waals surface area contributed by atoms with Gasteiger partial charge in [-0.3, -0.25) is 4.79 Å². The van der Waals surface area contributed by atoms with Crippen LogP contribution in [0.1, 0.15) is 20.3 Å². The van der Waals surface area contributed by atoms with Gasteiger partial charge in [0, 0.05) is 6.42 Å². The normalized spacial score (nSPS) is 13.2. The Morgan fingerprint density at radius 1 is 1.47 bits per heavy atom. The van der Waals surface area contributed by atoms with E-state index in [2.05, 4.69) is 0 Å². The van der Waals surface area contributed by atoms with E-state index in [-0.39, 0.29) is 12.2 Å². The molecule has 1 aromatic rings. The summed E-state index contributed by atoms with van der Waals surface area (Å²) in [7, 11) is 0. The summed E-state index contributed by atoms with van der Waals surface area (Å²) >= 11 is 0. The maximum absolute atomic E-state index is 12.7. The summed E-state index contributed by atoms with van der Waals surface area (Å²) in [5.74, 6) is -0.938. The summed E-state index contributed by atoms with van der Waals surface area (Å²) in [6, 6.07) is 4.56. The van der Waals surface area contributed by atoms with E-state index < -0.39 is 17.6 Å². The number of benzene rings is 1. The quantitative estimate of drug-likeness (QED) is 0.824. The molecule has 0 aliphatic heterocycles. The van der Waals surface area contributed by atoms with Gasteiger partial charge >= 0.3 is 5.97 Å². The lowest BCUT2D eigenvalue weighted by molar-refractivity contribution is -0.139. The second-order valence-corrected chi connectivity index (χ2v) is 4.46. The third-order valence-electron chi connectivity index (χ3n) is 2.24. The van der Waals surface area contributed by atoms with Crippen LogP contribution in [0.2, 0.25) is 0 Å². The van der Waals surface area contributed by atoms with Crippen LogP contribution in [0.25, 0.3) is 0 Å². The standard InChI is InChI=1S/C12H16FNO3/c1-12(2,7-10(14)11(15)16)17-9-5-3-8(13)4-6-9/h3-6,10H,7,14H2,1-2H3,(H,15,16). The van der Waals surface area contributed by atoms with E-state index >= 15 is 0 Å². The van der Waals surface area contributed by atoms with Crippen molar-refractivity contribution in [3.63, 3.8) is 0 Å². The van der Waals surface area contributed by atoms with Crippen LogP contribution in [-0.2, 0) is 4.79 Å². The van der Waals surface area contributed by atoms with Crippen molar-refractivity contribution in [1.29, 1.82) is 0 Å². The van der Waals surface area contributed by atoms with Gasteiger partial charge in [-0.15, -0.1) is 0 Å². The van der Waals surface area contributed by atoms with Crippen molar-refractivity contribution in [2.75, 3.05) is 0 Å². The Balaban J connectivity index is 2.65. The van der Waals surface area contributed by atoms with Crippen LogP contribution < -0.4 is 10.5 Å². The minimum Gasteiger partial charge on any atom is -0.488 e. The monoisotopic (exact) mass is 241 g/mol. The molecule has 0 fully saturated rings. The number of hydrogen-bond donors (Lipinski definition) is 2. The van der Waals surface area contributed by atoms with Gasteiger partial charge < -0.3 is 15.6 Å². The summed E-state index contributed by atoms with van der Waals surface area (Å²) in [4.78, 5) is 10.6. The molecule has 5 heteroatoms. The van der Waals surface area contributed by atoms with Gasteiger partial charge in [-0.1, -0.05) is 0 Å². The molecule has 0 radical (unpaired) electrons. The second-order valence-electron chi connectivity index (χ2n) is 4.46. The van der Waals surface area contributed by atoms with Gasteiger partial charge in [-0.25, -0.2) is 4.39 Å². The Morgan fingerprint density at radius 3 is 2.47 bits per heavy atom. The van der Waals surface area contributed by atoms with E-state index in [4.69, 9.17) is 15.6 Å². The molecule has 0 aliphatic rings. The summed E-state index contributed by atoms with van der Waals surface area (Å²) in [6.07, 6.45) is 0.166. The van der Waals surface area contributed by atoms with Gasteiger partial charge in [0.1, 0.15) is 23.2 Å². The SMILES string of the molecule is CC(C)(CC(N)C(=O)O)Oc1ccc(F)cc1. The maximum atomic E-state index is 12.7. The van der Waals surface area contributed by atoms with Gasteiger partial charge in [0.2, 0.25) is 0 Å². The van der Waals surface area contributed by atoms with Crippen molar-refractivity contribution in [3.8, 4) is 5.75 Å². The molecule has 1 aromatic carbocycles. The van der Waals surface area contributed by atoms with Crippen LogP contribution in [-0.4, -0.2) is 22.7 Å². The fourth-order valence-electron chi connectivity index (χ4n) is 1.48. The molecule has 0 aromatic heterocycles. The Hall–Kier alpha value is -1.62. The predicted molar refractivity (Wildman–Crippen MR) is 61.3 cm³/mol. The molecule has 94 valence electrons. The second kappa shape index (κ2) is 5.14. The van der Waals surface area contributed by atoms with E-state index in [0.717, 1.165) is 0 Å². The molecule has 0 spiro atoms. The third-order valence-corrected chi connectivity index (χ3v) is 2.24. The highest BCUT2D eigenvalue weighted by Crippen LogP contribution is 2.22. The van der Waals surface area contributed by atoms with E-state index in [9.17, 15) is 9.18 Å². The first-order chi connectivity index (χ1) is 7.80. The highest BCUT2D eigenvalue weighted by atomic mass is 19.1. The molecule has 17 heavy (non-hydrogen) atoms. The molecular formula is C12H16FNO3. The molecule has 1 atom stereocenters. The third kappa shape index (κ3) is 4.40. The number of nitrogens with two attached hydrogens (primary N) is 1. The summed E-state index contributed by atoms with van der Waals surface area (Å²) in [6.45, 7) is 3.47. The van der Waals surface area contributed by atoms with Crippen molar-refractivity contribution < 1.29 is 19.0 Å². The number of rotatable bonds is 5. The van der Waals surface area contributed by atoms with E-state index in [0.29, 0.717) is 5.75 Å². The highest BCUT2D eigenvalue weighted by Gasteiger charge is 2.26. The number of carboxylic acid groups (broad SMARTS) is 1. The van der Waals surface area contributed by atoms with E-state index in [1.54, 1.807) is 13.8 Å². The molecule has 0 heterocycles. The first kappa shape index (κ1) is 13.4. The maximum Gasteiger partial charge on any atom is 0.320 e. The number of ether oxygens (including phenoxy) is 1. The minimum absolute atomic E-state index is 0.166. The van der Waals surface area contributed by atoms with E-state index in [1.807, 2.05) is 0 Å². The Kier molecular flexibility index (Phi) is 4.07. The summed E-state index contributed by atoms with van der Waals surface area (Å²) in [5, 5.41) is 8.72.